The van der Waals surface area contributed by atoms with Crippen LogP contribution in [0.4, 0.5) is 17.6 Å². The molecule has 0 bridgehead atoms. The first kappa shape index (κ1) is 21.6. The van der Waals surface area contributed by atoms with Crippen LogP contribution >= 0.6 is 0 Å². The molecule has 5 nitrogen and oxygen atoms in total. The smallest absolute Gasteiger partial charge is 0.416 e. The van der Waals surface area contributed by atoms with Gasteiger partial charge < -0.3 is 15.4 Å². The average Bonchev–Trinajstić information content (AvgIpc) is 2.62. The molecule has 2 atom stereocenters. The summed E-state index contributed by atoms with van der Waals surface area (Å²) in [6, 6.07) is 5.56. The summed E-state index contributed by atoms with van der Waals surface area (Å²) >= 11 is 0. The Labute approximate surface area is 170 Å². The molecule has 9 heteroatoms. The van der Waals surface area contributed by atoms with Crippen LogP contribution in [0, 0.1) is 12.7 Å². The Hall–Kier alpha value is -3.10. The first-order valence-corrected chi connectivity index (χ1v) is 9.28. The number of rotatable bonds is 4. The van der Waals surface area contributed by atoms with Gasteiger partial charge in [0.2, 0.25) is 5.91 Å². The summed E-state index contributed by atoms with van der Waals surface area (Å²) in [7, 11) is 0. The van der Waals surface area contributed by atoms with Crippen LogP contribution in [0.1, 0.15) is 41.3 Å². The van der Waals surface area contributed by atoms with E-state index in [0.29, 0.717) is 18.1 Å². The zero-order chi connectivity index (χ0) is 22.1. The lowest BCUT2D eigenvalue weighted by atomic mass is 9.99. The fraction of sp³-hybridized carbons (Fsp3) is 0.333. The normalized spacial score (nSPS) is 19.2. The van der Waals surface area contributed by atoms with Crippen molar-refractivity contribution < 1.29 is 31.9 Å². The Kier molecular flexibility index (Phi) is 6.00. The summed E-state index contributed by atoms with van der Waals surface area (Å²) in [5.74, 6) is -1.43. The van der Waals surface area contributed by atoms with Gasteiger partial charge in [-0.05, 0) is 62.2 Å². The van der Waals surface area contributed by atoms with Crippen molar-refractivity contribution >= 4 is 11.8 Å². The molecular weight excluding hydrogens is 404 g/mol. The Morgan fingerprint density at radius 2 is 1.87 bits per heavy atom. The molecule has 1 fully saturated rings. The molecule has 0 aliphatic carbocycles. The topological polar surface area (TPSA) is 67.4 Å². The van der Waals surface area contributed by atoms with Crippen molar-refractivity contribution in [3.8, 4) is 11.5 Å². The van der Waals surface area contributed by atoms with Crippen LogP contribution in [-0.2, 0) is 11.0 Å². The lowest BCUT2D eigenvalue weighted by molar-refractivity contribution is -0.137. The van der Waals surface area contributed by atoms with Gasteiger partial charge in [-0.3, -0.25) is 9.59 Å². The minimum Gasteiger partial charge on any atom is -0.456 e. The van der Waals surface area contributed by atoms with Crippen LogP contribution in [0.5, 0.6) is 11.5 Å². The molecule has 0 aromatic heterocycles. The Balaban J connectivity index is 1.93. The van der Waals surface area contributed by atoms with Crippen molar-refractivity contribution in [2.75, 3.05) is 0 Å². The predicted octanol–water partition coefficient (Wildman–Crippen LogP) is 4.34. The lowest BCUT2D eigenvalue weighted by Crippen LogP contribution is -2.49. The van der Waals surface area contributed by atoms with Crippen molar-refractivity contribution in [1.29, 1.82) is 0 Å². The number of hydrogen-bond acceptors (Lipinski definition) is 3. The third-order valence-electron chi connectivity index (χ3n) is 4.72. The molecule has 2 aromatic rings. The Bertz CT molecular complexity index is 975. The number of amides is 2. The molecule has 1 saturated heterocycles. The van der Waals surface area contributed by atoms with E-state index in [4.69, 9.17) is 4.74 Å². The molecule has 3 rings (SSSR count). The minimum absolute atomic E-state index is 0.0301. The van der Waals surface area contributed by atoms with Gasteiger partial charge in [0.1, 0.15) is 17.3 Å². The van der Waals surface area contributed by atoms with Gasteiger partial charge in [-0.15, -0.1) is 0 Å². The summed E-state index contributed by atoms with van der Waals surface area (Å²) in [4.78, 5) is 24.5. The summed E-state index contributed by atoms with van der Waals surface area (Å²) in [5.41, 5.74) is -0.920. The molecule has 1 heterocycles. The van der Waals surface area contributed by atoms with Crippen LogP contribution in [-0.4, -0.2) is 23.9 Å². The summed E-state index contributed by atoms with van der Waals surface area (Å²) in [5, 5.41) is 5.33. The molecule has 30 heavy (non-hydrogen) atoms. The number of benzene rings is 2. The van der Waals surface area contributed by atoms with Crippen LogP contribution < -0.4 is 15.4 Å². The summed E-state index contributed by atoms with van der Waals surface area (Å²) in [6.07, 6.45) is -4.18. The molecular formula is C21H20F4N2O3. The second kappa shape index (κ2) is 8.33. The highest BCUT2D eigenvalue weighted by atomic mass is 19.4. The van der Waals surface area contributed by atoms with Crippen molar-refractivity contribution in [3.05, 3.63) is 58.9 Å². The molecule has 2 amide bonds. The van der Waals surface area contributed by atoms with Gasteiger partial charge in [-0.1, -0.05) is 0 Å². The fourth-order valence-electron chi connectivity index (χ4n) is 3.32. The third-order valence-corrected chi connectivity index (χ3v) is 4.72. The van der Waals surface area contributed by atoms with E-state index in [2.05, 4.69) is 10.6 Å². The van der Waals surface area contributed by atoms with E-state index in [1.165, 1.54) is 12.1 Å². The predicted molar refractivity (Wildman–Crippen MR) is 101 cm³/mol. The van der Waals surface area contributed by atoms with E-state index >= 15 is 0 Å². The highest BCUT2D eigenvalue weighted by Gasteiger charge is 2.33. The third kappa shape index (κ3) is 5.08. The van der Waals surface area contributed by atoms with E-state index in [9.17, 15) is 27.2 Å². The maximum absolute atomic E-state index is 13.3. The number of ether oxygens (including phenoxy) is 1. The molecule has 160 valence electrons. The molecule has 0 spiro atoms. The largest absolute Gasteiger partial charge is 0.456 e. The zero-order valence-electron chi connectivity index (χ0n) is 16.3. The van der Waals surface area contributed by atoms with E-state index in [1.54, 1.807) is 13.8 Å². The number of piperidine rings is 1. The number of carbonyl (C=O) groups excluding carboxylic acids is 2. The zero-order valence-corrected chi connectivity index (χ0v) is 16.3. The number of alkyl halides is 3. The molecule has 1 aliphatic heterocycles. The highest BCUT2D eigenvalue weighted by molar-refractivity contribution is 5.97. The molecule has 2 unspecified atom stereocenters. The molecule has 0 saturated carbocycles. The average molecular weight is 424 g/mol. The van der Waals surface area contributed by atoms with Crippen molar-refractivity contribution in [1.82, 2.24) is 10.6 Å². The monoisotopic (exact) mass is 424 g/mol. The number of nitrogens with one attached hydrogen (secondary N) is 2. The SMILES string of the molecule is Cc1cc(F)ccc1Oc1ccc(C(F)(F)F)cc1C(=O)NC1CC(=O)NC(C)C1. The number of carbonyl (C=O) groups is 2. The quantitative estimate of drug-likeness (QED) is 0.718. The van der Waals surface area contributed by atoms with Gasteiger partial charge in [-0.25, -0.2) is 4.39 Å². The van der Waals surface area contributed by atoms with E-state index in [-0.39, 0.29) is 35.4 Å². The number of aryl methyl sites for hydroxylation is 1. The Morgan fingerprint density at radius 3 is 2.50 bits per heavy atom. The maximum Gasteiger partial charge on any atom is 0.416 e. The summed E-state index contributed by atoms with van der Waals surface area (Å²) in [6.45, 7) is 3.34. The second-order valence-corrected chi connectivity index (χ2v) is 7.30. The lowest BCUT2D eigenvalue weighted by Gasteiger charge is -2.28. The van der Waals surface area contributed by atoms with Gasteiger partial charge >= 0.3 is 6.18 Å². The van der Waals surface area contributed by atoms with Crippen LogP contribution in [0.25, 0.3) is 0 Å². The molecule has 0 radical (unpaired) electrons. The van der Waals surface area contributed by atoms with Gasteiger partial charge in [0.05, 0.1) is 11.1 Å². The standard InChI is InChI=1S/C21H20F4N2O3/c1-11-7-14(22)4-6-17(11)30-18-5-3-13(21(23,24)25)9-16(18)20(29)27-15-8-12(2)26-19(28)10-15/h3-7,9,12,15H,8,10H2,1-2H3,(H,26,28)(H,27,29). The molecule has 1 aliphatic rings. The molecule has 2 N–H and O–H groups in total. The van der Waals surface area contributed by atoms with Gasteiger partial charge in [-0.2, -0.15) is 13.2 Å². The number of halogens is 4. The van der Waals surface area contributed by atoms with Crippen LogP contribution in [0.15, 0.2) is 36.4 Å². The van der Waals surface area contributed by atoms with Gasteiger partial charge in [0.25, 0.3) is 5.91 Å². The fourth-order valence-corrected chi connectivity index (χ4v) is 3.32. The molecule has 2 aromatic carbocycles. The first-order chi connectivity index (χ1) is 14.0. The van der Waals surface area contributed by atoms with Crippen molar-refractivity contribution in [3.63, 3.8) is 0 Å². The van der Waals surface area contributed by atoms with E-state index in [0.717, 1.165) is 18.2 Å². The van der Waals surface area contributed by atoms with Crippen molar-refractivity contribution in [2.24, 2.45) is 0 Å². The first-order valence-electron chi connectivity index (χ1n) is 9.28. The maximum atomic E-state index is 13.3. The highest BCUT2D eigenvalue weighted by Crippen LogP contribution is 2.35. The summed E-state index contributed by atoms with van der Waals surface area (Å²) < 4.78 is 58.5. The van der Waals surface area contributed by atoms with E-state index in [1.807, 2.05) is 0 Å². The Morgan fingerprint density at radius 1 is 1.17 bits per heavy atom. The van der Waals surface area contributed by atoms with Gasteiger partial charge in [0.15, 0.2) is 0 Å². The van der Waals surface area contributed by atoms with Gasteiger partial charge in [0, 0.05) is 18.5 Å². The van der Waals surface area contributed by atoms with E-state index < -0.39 is 29.5 Å². The van der Waals surface area contributed by atoms with Crippen LogP contribution in [0.2, 0.25) is 0 Å². The second-order valence-electron chi connectivity index (χ2n) is 7.30. The van der Waals surface area contributed by atoms with Crippen LogP contribution in [0.3, 0.4) is 0 Å². The minimum atomic E-state index is -4.65. The number of hydrogen-bond donors (Lipinski definition) is 2. The van der Waals surface area contributed by atoms with Crippen molar-refractivity contribution in [2.45, 2.75) is 44.9 Å².